The maximum absolute atomic E-state index is 9.85. The topological polar surface area (TPSA) is 92.5 Å². The van der Waals surface area contributed by atoms with Crippen molar-refractivity contribution in [2.24, 2.45) is 16.9 Å². The highest BCUT2D eigenvalue weighted by Crippen LogP contribution is 2.30. The van der Waals surface area contributed by atoms with Crippen LogP contribution < -0.4 is 11.5 Å². The Bertz CT molecular complexity index is 168. The Labute approximate surface area is 105 Å². The van der Waals surface area contributed by atoms with E-state index >= 15 is 0 Å². The molecule has 2 unspecified atom stereocenters. The van der Waals surface area contributed by atoms with E-state index in [2.05, 4.69) is 13.8 Å². The van der Waals surface area contributed by atoms with E-state index in [1.54, 1.807) is 0 Å². The van der Waals surface area contributed by atoms with Crippen molar-refractivity contribution in [3.8, 4) is 0 Å². The summed E-state index contributed by atoms with van der Waals surface area (Å²) >= 11 is 0. The van der Waals surface area contributed by atoms with E-state index in [0.29, 0.717) is 25.9 Å². The molecule has 0 saturated heterocycles. The molecule has 0 amide bonds. The average molecular weight is 246 g/mol. The zero-order valence-corrected chi connectivity index (χ0v) is 11.4. The second-order valence-electron chi connectivity index (χ2n) is 5.74. The van der Waals surface area contributed by atoms with Crippen molar-refractivity contribution in [2.75, 3.05) is 13.1 Å². The van der Waals surface area contributed by atoms with Crippen LogP contribution in [0.4, 0.5) is 0 Å². The van der Waals surface area contributed by atoms with Crippen LogP contribution in [-0.2, 0) is 0 Å². The molecule has 0 aromatic carbocycles. The molecule has 0 radical (unpaired) electrons. The van der Waals surface area contributed by atoms with Crippen molar-refractivity contribution in [1.29, 1.82) is 0 Å². The molecule has 4 nitrogen and oxygen atoms in total. The van der Waals surface area contributed by atoms with Crippen molar-refractivity contribution in [3.63, 3.8) is 0 Å². The van der Waals surface area contributed by atoms with Crippen molar-refractivity contribution >= 4 is 0 Å². The lowest BCUT2D eigenvalue weighted by Crippen LogP contribution is -2.26. The minimum absolute atomic E-state index is 0.0397. The van der Waals surface area contributed by atoms with E-state index in [9.17, 15) is 10.2 Å². The van der Waals surface area contributed by atoms with Crippen LogP contribution >= 0.6 is 0 Å². The minimum Gasteiger partial charge on any atom is -0.393 e. The highest BCUT2D eigenvalue weighted by molar-refractivity contribution is 4.76. The number of aliphatic hydroxyl groups excluding tert-OH is 2. The molecule has 17 heavy (non-hydrogen) atoms. The zero-order chi connectivity index (χ0) is 13.3. The second kappa shape index (κ2) is 8.86. The third kappa shape index (κ3) is 9.53. The van der Waals surface area contributed by atoms with E-state index in [0.717, 1.165) is 25.7 Å². The van der Waals surface area contributed by atoms with Gasteiger partial charge in [-0.05, 0) is 57.0 Å². The lowest BCUT2D eigenvalue weighted by atomic mass is 9.80. The highest BCUT2D eigenvalue weighted by Gasteiger charge is 2.25. The van der Waals surface area contributed by atoms with Crippen molar-refractivity contribution in [3.05, 3.63) is 0 Å². The van der Waals surface area contributed by atoms with Crippen LogP contribution in [0.15, 0.2) is 0 Å². The fourth-order valence-corrected chi connectivity index (χ4v) is 2.27. The van der Waals surface area contributed by atoms with Crippen LogP contribution in [0.2, 0.25) is 0 Å². The van der Waals surface area contributed by atoms with Gasteiger partial charge in [-0.15, -0.1) is 0 Å². The van der Waals surface area contributed by atoms with Crippen LogP contribution in [0.1, 0.15) is 52.4 Å². The molecular weight excluding hydrogens is 216 g/mol. The summed E-state index contributed by atoms with van der Waals surface area (Å²) in [7, 11) is 0. The van der Waals surface area contributed by atoms with Gasteiger partial charge in [-0.2, -0.15) is 0 Å². The molecule has 2 atom stereocenters. The Morgan fingerprint density at radius 3 is 1.53 bits per heavy atom. The van der Waals surface area contributed by atoms with Crippen LogP contribution in [-0.4, -0.2) is 35.5 Å². The maximum atomic E-state index is 9.85. The Hall–Kier alpha value is -0.160. The molecule has 0 fully saturated rings. The van der Waals surface area contributed by atoms with Gasteiger partial charge in [0.05, 0.1) is 12.2 Å². The van der Waals surface area contributed by atoms with Crippen molar-refractivity contribution < 1.29 is 10.2 Å². The number of nitrogens with two attached hydrogens (primary N) is 2. The first-order valence-corrected chi connectivity index (χ1v) is 6.67. The molecule has 0 rings (SSSR count). The summed E-state index contributed by atoms with van der Waals surface area (Å²) in [4.78, 5) is 0. The first kappa shape index (κ1) is 16.8. The number of aliphatic hydroxyl groups is 2. The third-order valence-electron chi connectivity index (χ3n) is 3.06. The molecule has 0 aromatic heterocycles. The van der Waals surface area contributed by atoms with E-state index in [1.807, 2.05) is 0 Å². The molecule has 0 heterocycles. The van der Waals surface area contributed by atoms with Gasteiger partial charge in [-0.1, -0.05) is 13.8 Å². The average Bonchev–Trinajstić information content (AvgIpc) is 2.22. The fraction of sp³-hybridized carbons (Fsp3) is 1.00. The van der Waals surface area contributed by atoms with Gasteiger partial charge >= 0.3 is 0 Å². The quantitative estimate of drug-likeness (QED) is 0.462. The third-order valence-corrected chi connectivity index (χ3v) is 3.06. The first-order chi connectivity index (χ1) is 7.91. The van der Waals surface area contributed by atoms with Gasteiger partial charge in [-0.25, -0.2) is 0 Å². The Balaban J connectivity index is 3.91. The molecular formula is C13H30N2O2. The minimum atomic E-state index is -0.310. The van der Waals surface area contributed by atoms with Crippen molar-refractivity contribution in [1.82, 2.24) is 0 Å². The van der Waals surface area contributed by atoms with E-state index in [1.165, 1.54) is 0 Å². The molecule has 0 aromatic rings. The lowest BCUT2D eigenvalue weighted by molar-refractivity contribution is 0.0578. The predicted molar refractivity (Wildman–Crippen MR) is 71.6 cm³/mol. The largest absolute Gasteiger partial charge is 0.393 e. The van der Waals surface area contributed by atoms with Gasteiger partial charge < -0.3 is 21.7 Å². The molecule has 104 valence electrons. The predicted octanol–water partition coefficient (Wildman–Crippen LogP) is 0.992. The standard InChI is InChI=1S/C13H30N2O2/c1-13(2,9-11(16)5-3-7-14)10-12(17)6-4-8-15/h11-12,16-17H,3-10,14-15H2,1-2H3. The first-order valence-electron chi connectivity index (χ1n) is 6.67. The van der Waals surface area contributed by atoms with Crippen LogP contribution in [0, 0.1) is 5.41 Å². The van der Waals surface area contributed by atoms with E-state index < -0.39 is 0 Å². The number of hydrogen-bond acceptors (Lipinski definition) is 4. The summed E-state index contributed by atoms with van der Waals surface area (Å²) in [5, 5.41) is 19.7. The van der Waals surface area contributed by atoms with Gasteiger partial charge in [0, 0.05) is 0 Å². The van der Waals surface area contributed by atoms with E-state index in [4.69, 9.17) is 11.5 Å². The number of hydrogen-bond donors (Lipinski definition) is 4. The summed E-state index contributed by atoms with van der Waals surface area (Å²) in [5.74, 6) is 0. The Kier molecular flexibility index (Phi) is 8.78. The van der Waals surface area contributed by atoms with Crippen LogP contribution in [0.25, 0.3) is 0 Å². The van der Waals surface area contributed by atoms with Crippen molar-refractivity contribution in [2.45, 2.75) is 64.6 Å². The summed E-state index contributed by atoms with van der Waals surface area (Å²) in [5.41, 5.74) is 10.8. The van der Waals surface area contributed by atoms with E-state index in [-0.39, 0.29) is 17.6 Å². The molecule has 0 aliphatic heterocycles. The summed E-state index contributed by atoms with van der Waals surface area (Å²) < 4.78 is 0. The molecule has 4 heteroatoms. The molecule has 6 N–H and O–H groups in total. The summed E-state index contributed by atoms with van der Waals surface area (Å²) in [6.07, 6.45) is 4.02. The second-order valence-corrected chi connectivity index (χ2v) is 5.74. The molecule has 0 bridgehead atoms. The summed E-state index contributed by atoms with van der Waals surface area (Å²) in [6, 6.07) is 0. The zero-order valence-electron chi connectivity index (χ0n) is 11.4. The van der Waals surface area contributed by atoms with Gasteiger partial charge in [0.15, 0.2) is 0 Å². The normalized spacial score (nSPS) is 15.9. The molecule has 0 aliphatic rings. The molecule has 0 spiro atoms. The molecule has 0 aliphatic carbocycles. The van der Waals surface area contributed by atoms with Gasteiger partial charge in [0.2, 0.25) is 0 Å². The smallest absolute Gasteiger partial charge is 0.0545 e. The Morgan fingerprint density at radius 2 is 1.24 bits per heavy atom. The molecule has 0 saturated carbocycles. The fourth-order valence-electron chi connectivity index (χ4n) is 2.27. The van der Waals surface area contributed by atoms with Crippen LogP contribution in [0.3, 0.4) is 0 Å². The van der Waals surface area contributed by atoms with Gasteiger partial charge in [-0.3, -0.25) is 0 Å². The maximum Gasteiger partial charge on any atom is 0.0545 e. The summed E-state index contributed by atoms with van der Waals surface area (Å²) in [6.45, 7) is 5.42. The number of rotatable bonds is 10. The monoisotopic (exact) mass is 246 g/mol. The van der Waals surface area contributed by atoms with Gasteiger partial charge in [0.1, 0.15) is 0 Å². The lowest BCUT2D eigenvalue weighted by Gasteiger charge is -2.29. The van der Waals surface area contributed by atoms with Crippen LogP contribution in [0.5, 0.6) is 0 Å². The SMILES string of the molecule is CC(C)(CC(O)CCCN)CC(O)CCCN. The van der Waals surface area contributed by atoms with Gasteiger partial charge in [0.25, 0.3) is 0 Å². The highest BCUT2D eigenvalue weighted by atomic mass is 16.3. The Morgan fingerprint density at radius 1 is 0.882 bits per heavy atom.